The zero-order valence-corrected chi connectivity index (χ0v) is 13.0. The molecule has 0 aliphatic carbocycles. The van der Waals surface area contributed by atoms with Crippen LogP contribution in [0.3, 0.4) is 0 Å². The number of nitrogens with zero attached hydrogens (tertiary/aromatic N) is 2. The van der Waals surface area contributed by atoms with Gasteiger partial charge < -0.3 is 0 Å². The summed E-state index contributed by atoms with van der Waals surface area (Å²) in [6, 6.07) is 2.01. The third-order valence-electron chi connectivity index (χ3n) is 2.55. The van der Waals surface area contributed by atoms with Gasteiger partial charge in [0.15, 0.2) is 5.82 Å². The molecule has 2 nitrogen and oxygen atoms in total. The van der Waals surface area contributed by atoms with Crippen molar-refractivity contribution in [2.45, 2.75) is 27.7 Å². The van der Waals surface area contributed by atoms with Crippen LogP contribution in [0.25, 0.3) is 11.6 Å². The summed E-state index contributed by atoms with van der Waals surface area (Å²) in [4.78, 5) is 8.44. The predicted octanol–water partition coefficient (Wildman–Crippen LogP) is 5.54. The lowest BCUT2D eigenvalue weighted by molar-refractivity contribution is 1.19. The Balaban J connectivity index is 0.00000172. The molecule has 0 aromatic carbocycles. The Morgan fingerprint density at radius 1 is 1.30 bits per heavy atom. The van der Waals surface area contributed by atoms with Crippen LogP contribution in [-0.4, -0.2) is 11.7 Å². The van der Waals surface area contributed by atoms with Crippen LogP contribution in [0.1, 0.15) is 37.6 Å². The third-order valence-corrected chi connectivity index (χ3v) is 2.55. The molecule has 1 heterocycles. The van der Waals surface area contributed by atoms with Gasteiger partial charge in [-0.15, -0.1) is 0 Å². The summed E-state index contributed by atoms with van der Waals surface area (Å²) in [7, 11) is 0. The molecule has 0 saturated carbocycles. The number of rotatable bonds is 5. The average Bonchev–Trinajstić information content (AvgIpc) is 2.50. The van der Waals surface area contributed by atoms with Crippen LogP contribution < -0.4 is 0 Å². The summed E-state index contributed by atoms with van der Waals surface area (Å²) >= 11 is 0. The number of aromatic nitrogens is 1. The van der Waals surface area contributed by atoms with E-state index < -0.39 is 0 Å². The van der Waals surface area contributed by atoms with E-state index in [1.807, 2.05) is 52.0 Å². The van der Waals surface area contributed by atoms with Gasteiger partial charge in [0.2, 0.25) is 0 Å². The predicted molar refractivity (Wildman–Crippen MR) is 92.6 cm³/mol. The van der Waals surface area contributed by atoms with Crippen LogP contribution in [0.15, 0.2) is 48.5 Å². The zero-order valence-electron chi connectivity index (χ0n) is 13.0. The molecule has 0 amide bonds. The van der Waals surface area contributed by atoms with Gasteiger partial charge in [0, 0.05) is 5.56 Å². The highest BCUT2D eigenvalue weighted by molar-refractivity contribution is 5.77. The molecule has 1 aromatic rings. The van der Waals surface area contributed by atoms with Gasteiger partial charge in [0.1, 0.15) is 0 Å². The third kappa shape index (κ3) is 4.47. The van der Waals surface area contributed by atoms with Crippen molar-refractivity contribution >= 4 is 24.2 Å². The van der Waals surface area contributed by atoms with E-state index in [0.29, 0.717) is 5.82 Å². The number of hydrogen-bond donors (Lipinski definition) is 0. The smallest absolute Gasteiger partial charge is 0.159 e. The monoisotopic (exact) mass is 268 g/mol. The van der Waals surface area contributed by atoms with Crippen molar-refractivity contribution in [1.29, 1.82) is 0 Å². The van der Waals surface area contributed by atoms with E-state index in [2.05, 4.69) is 29.9 Å². The van der Waals surface area contributed by atoms with Crippen molar-refractivity contribution in [3.63, 3.8) is 0 Å². The van der Waals surface area contributed by atoms with Gasteiger partial charge in [-0.2, -0.15) is 0 Å². The summed E-state index contributed by atoms with van der Waals surface area (Å²) < 4.78 is 0. The van der Waals surface area contributed by atoms with Crippen molar-refractivity contribution in [3.05, 3.63) is 60.3 Å². The Morgan fingerprint density at radius 3 is 2.40 bits per heavy atom. The summed E-state index contributed by atoms with van der Waals surface area (Å²) in [6.07, 6.45) is 9.42. The maximum Gasteiger partial charge on any atom is 0.159 e. The molecular formula is C18H24N2. The van der Waals surface area contributed by atoms with Crippen LogP contribution in [0.4, 0.5) is 5.82 Å². The van der Waals surface area contributed by atoms with Crippen molar-refractivity contribution in [3.8, 4) is 0 Å². The minimum Gasteiger partial charge on any atom is -0.245 e. The average molecular weight is 268 g/mol. The normalized spacial score (nSPS) is 10.7. The minimum atomic E-state index is 0.596. The lowest BCUT2D eigenvalue weighted by atomic mass is 10.0. The standard InChI is InChI=1S/C16H18N2.C2H6/c1-6-9-10-13(7-2)15-12(4)11-14(8-3)16(17-5)18-15;1-2/h6-11H,2-3,5H2,1,4H3;1-2H3/b9-6-,13-10+;. The number of aryl methyl sites for hydroxylation is 1. The van der Waals surface area contributed by atoms with E-state index in [9.17, 15) is 0 Å². The fourth-order valence-corrected chi connectivity index (χ4v) is 1.64. The molecule has 1 aromatic heterocycles. The van der Waals surface area contributed by atoms with Crippen molar-refractivity contribution in [1.82, 2.24) is 4.98 Å². The SMILES string of the molecule is C=C/C(=C\C=C/C)c1nc(N=C)c(C=C)cc1C.CC. The summed E-state index contributed by atoms with van der Waals surface area (Å²) in [6.45, 7) is 19.1. The van der Waals surface area contributed by atoms with Gasteiger partial charge in [0.25, 0.3) is 0 Å². The second-order valence-corrected chi connectivity index (χ2v) is 3.78. The van der Waals surface area contributed by atoms with Gasteiger partial charge >= 0.3 is 0 Å². The van der Waals surface area contributed by atoms with E-state index in [1.54, 1.807) is 12.2 Å². The first kappa shape index (κ1) is 17.8. The molecule has 0 saturated heterocycles. The lowest BCUT2D eigenvalue weighted by Gasteiger charge is -2.09. The highest BCUT2D eigenvalue weighted by Crippen LogP contribution is 2.25. The molecule has 0 aliphatic rings. The fraction of sp³-hybridized carbons (Fsp3) is 0.222. The van der Waals surface area contributed by atoms with Crippen molar-refractivity contribution in [2.75, 3.05) is 0 Å². The van der Waals surface area contributed by atoms with E-state index >= 15 is 0 Å². The molecular weight excluding hydrogens is 244 g/mol. The highest BCUT2D eigenvalue weighted by Gasteiger charge is 2.08. The van der Waals surface area contributed by atoms with E-state index in [0.717, 1.165) is 22.4 Å². The Kier molecular flexibility index (Phi) is 8.60. The Hall–Kier alpha value is -2.22. The van der Waals surface area contributed by atoms with Crippen LogP contribution in [0, 0.1) is 6.92 Å². The Morgan fingerprint density at radius 2 is 1.95 bits per heavy atom. The van der Waals surface area contributed by atoms with Crippen molar-refractivity contribution < 1.29 is 0 Å². The van der Waals surface area contributed by atoms with E-state index in [4.69, 9.17) is 0 Å². The highest BCUT2D eigenvalue weighted by atomic mass is 14.9. The fourth-order valence-electron chi connectivity index (χ4n) is 1.64. The maximum atomic E-state index is 4.51. The second kappa shape index (κ2) is 9.68. The molecule has 0 bridgehead atoms. The molecule has 106 valence electrons. The summed E-state index contributed by atoms with van der Waals surface area (Å²) in [5, 5.41) is 0. The molecule has 0 unspecified atom stereocenters. The molecule has 0 aliphatic heterocycles. The van der Waals surface area contributed by atoms with Crippen LogP contribution in [0.2, 0.25) is 0 Å². The van der Waals surface area contributed by atoms with Gasteiger partial charge in [-0.25, -0.2) is 9.98 Å². The molecule has 20 heavy (non-hydrogen) atoms. The Bertz CT molecular complexity index is 535. The molecule has 1 rings (SSSR count). The minimum absolute atomic E-state index is 0.596. The van der Waals surface area contributed by atoms with Gasteiger partial charge in [-0.1, -0.05) is 57.4 Å². The first-order valence-corrected chi connectivity index (χ1v) is 6.74. The van der Waals surface area contributed by atoms with Gasteiger partial charge in [-0.05, 0) is 37.8 Å². The number of pyridine rings is 1. The van der Waals surface area contributed by atoms with Gasteiger partial charge in [-0.3, -0.25) is 0 Å². The molecule has 0 N–H and O–H groups in total. The second-order valence-electron chi connectivity index (χ2n) is 3.78. The molecule has 2 heteroatoms. The van der Waals surface area contributed by atoms with Crippen LogP contribution in [0.5, 0.6) is 0 Å². The quantitative estimate of drug-likeness (QED) is 0.508. The summed E-state index contributed by atoms with van der Waals surface area (Å²) in [5.41, 5.74) is 3.79. The van der Waals surface area contributed by atoms with E-state index in [-0.39, 0.29) is 0 Å². The van der Waals surface area contributed by atoms with Crippen molar-refractivity contribution in [2.24, 2.45) is 4.99 Å². The largest absolute Gasteiger partial charge is 0.245 e. The lowest BCUT2D eigenvalue weighted by Crippen LogP contribution is -1.94. The zero-order chi connectivity index (χ0) is 15.5. The number of allylic oxidation sites excluding steroid dienone is 5. The molecule has 0 fully saturated rings. The van der Waals surface area contributed by atoms with E-state index in [1.165, 1.54) is 0 Å². The van der Waals surface area contributed by atoms with Gasteiger partial charge in [0.05, 0.1) is 5.69 Å². The molecule has 0 radical (unpaired) electrons. The van der Waals surface area contributed by atoms with Crippen LogP contribution >= 0.6 is 0 Å². The molecule has 0 atom stereocenters. The summed E-state index contributed by atoms with van der Waals surface area (Å²) in [5.74, 6) is 0.596. The number of hydrogen-bond acceptors (Lipinski definition) is 2. The topological polar surface area (TPSA) is 25.2 Å². The first-order valence-electron chi connectivity index (χ1n) is 6.74. The first-order chi connectivity index (χ1) is 9.67. The Labute approximate surface area is 123 Å². The van der Waals surface area contributed by atoms with Crippen LogP contribution in [-0.2, 0) is 0 Å². The number of aliphatic imine (C=N–C) groups is 1. The maximum absolute atomic E-state index is 4.51. The molecule has 0 spiro atoms.